The number of carbonyl (C=O) groups is 1. The van der Waals surface area contributed by atoms with E-state index in [2.05, 4.69) is 0 Å². The third-order valence-corrected chi connectivity index (χ3v) is 2.03. The second-order valence-corrected chi connectivity index (χ2v) is 2.88. The minimum absolute atomic E-state index is 0.0828. The van der Waals surface area contributed by atoms with Crippen LogP contribution >= 0.6 is 0 Å². The number of hydrogen-bond acceptors (Lipinski definition) is 2. The highest BCUT2D eigenvalue weighted by molar-refractivity contribution is 5.90. The number of carboxylic acids is 1. The van der Waals surface area contributed by atoms with Crippen LogP contribution in [0.25, 0.3) is 0 Å². The van der Waals surface area contributed by atoms with Crippen molar-refractivity contribution >= 4 is 11.7 Å². The fraction of sp³-hybridized carbons (Fsp3) is 0.222. The van der Waals surface area contributed by atoms with E-state index in [0.717, 1.165) is 0 Å². The lowest BCUT2D eigenvalue weighted by Gasteiger charge is -2.07. The molecule has 13 heavy (non-hydrogen) atoms. The van der Waals surface area contributed by atoms with Gasteiger partial charge < -0.3 is 10.8 Å². The van der Waals surface area contributed by atoms with Crippen molar-refractivity contribution in [2.24, 2.45) is 0 Å². The van der Waals surface area contributed by atoms with E-state index in [9.17, 15) is 9.18 Å². The summed E-state index contributed by atoms with van der Waals surface area (Å²) in [7, 11) is 0. The largest absolute Gasteiger partial charge is 0.478 e. The summed E-state index contributed by atoms with van der Waals surface area (Å²) in [5.41, 5.74) is 5.93. The van der Waals surface area contributed by atoms with Crippen LogP contribution in [0.4, 0.5) is 10.1 Å². The lowest BCUT2D eigenvalue weighted by Crippen LogP contribution is -2.06. The Kier molecular flexibility index (Phi) is 2.23. The van der Waals surface area contributed by atoms with Crippen LogP contribution < -0.4 is 5.73 Å². The van der Waals surface area contributed by atoms with Crippen molar-refractivity contribution in [3.63, 3.8) is 0 Å². The number of halogens is 1. The van der Waals surface area contributed by atoms with Crippen molar-refractivity contribution in [1.82, 2.24) is 0 Å². The molecule has 0 amide bonds. The molecule has 0 saturated heterocycles. The lowest BCUT2D eigenvalue weighted by atomic mass is 10.0. The highest BCUT2D eigenvalue weighted by Crippen LogP contribution is 2.22. The van der Waals surface area contributed by atoms with Crippen molar-refractivity contribution in [3.8, 4) is 0 Å². The summed E-state index contributed by atoms with van der Waals surface area (Å²) in [6.07, 6.45) is 0. The number of aromatic carboxylic acids is 1. The van der Waals surface area contributed by atoms with Gasteiger partial charge in [-0.15, -0.1) is 0 Å². The third kappa shape index (κ3) is 1.47. The van der Waals surface area contributed by atoms with E-state index in [0.29, 0.717) is 5.56 Å². The molecule has 0 aliphatic carbocycles. The zero-order valence-corrected chi connectivity index (χ0v) is 7.39. The van der Waals surface area contributed by atoms with Crippen molar-refractivity contribution in [1.29, 1.82) is 0 Å². The molecule has 0 atom stereocenters. The van der Waals surface area contributed by atoms with Gasteiger partial charge in [-0.05, 0) is 25.5 Å². The summed E-state index contributed by atoms with van der Waals surface area (Å²) in [6.45, 7) is 2.94. The Labute approximate surface area is 75.0 Å². The summed E-state index contributed by atoms with van der Waals surface area (Å²) < 4.78 is 13.3. The second-order valence-electron chi connectivity index (χ2n) is 2.88. The van der Waals surface area contributed by atoms with Crippen molar-refractivity contribution < 1.29 is 14.3 Å². The molecule has 1 aromatic carbocycles. The maximum atomic E-state index is 13.3. The molecule has 70 valence electrons. The zero-order chi connectivity index (χ0) is 10.2. The van der Waals surface area contributed by atoms with Gasteiger partial charge in [-0.2, -0.15) is 0 Å². The molecule has 0 radical (unpaired) electrons. The van der Waals surface area contributed by atoms with Gasteiger partial charge in [-0.3, -0.25) is 0 Å². The number of nitrogen functional groups attached to an aromatic ring is 1. The maximum absolute atomic E-state index is 13.3. The predicted molar refractivity (Wildman–Crippen MR) is 47.2 cm³/mol. The number of benzene rings is 1. The monoisotopic (exact) mass is 183 g/mol. The molecule has 4 heteroatoms. The standard InChI is InChI=1S/C9H10FNO2/c1-4-6(9(12)13)3-7(11)5(2)8(4)10/h3H,11H2,1-2H3,(H,12,13). The Morgan fingerprint density at radius 3 is 2.46 bits per heavy atom. The minimum atomic E-state index is -1.16. The van der Waals surface area contributed by atoms with E-state index in [1.807, 2.05) is 0 Å². The summed E-state index contributed by atoms with van der Waals surface area (Å²) in [5, 5.41) is 8.68. The smallest absolute Gasteiger partial charge is 0.336 e. The van der Waals surface area contributed by atoms with E-state index in [-0.39, 0.29) is 16.8 Å². The van der Waals surface area contributed by atoms with E-state index < -0.39 is 11.8 Å². The fourth-order valence-electron chi connectivity index (χ4n) is 1.12. The molecular weight excluding hydrogens is 173 g/mol. The van der Waals surface area contributed by atoms with Crippen molar-refractivity contribution in [2.75, 3.05) is 5.73 Å². The summed E-state index contributed by atoms with van der Waals surface area (Å²) in [4.78, 5) is 10.6. The molecule has 0 aromatic heterocycles. The Hall–Kier alpha value is -1.58. The van der Waals surface area contributed by atoms with Gasteiger partial charge >= 0.3 is 5.97 Å². The zero-order valence-electron chi connectivity index (χ0n) is 7.39. The first kappa shape index (κ1) is 9.51. The molecule has 0 heterocycles. The molecule has 0 bridgehead atoms. The van der Waals surface area contributed by atoms with Gasteiger partial charge in [-0.25, -0.2) is 9.18 Å². The predicted octanol–water partition coefficient (Wildman–Crippen LogP) is 1.72. The van der Waals surface area contributed by atoms with E-state index >= 15 is 0 Å². The normalized spacial score (nSPS) is 10.1. The Balaban J connectivity index is 3.50. The molecule has 0 fully saturated rings. The highest BCUT2D eigenvalue weighted by atomic mass is 19.1. The number of carboxylic acid groups (broad SMARTS) is 1. The van der Waals surface area contributed by atoms with Crippen LogP contribution in [0.2, 0.25) is 0 Å². The van der Waals surface area contributed by atoms with Gasteiger partial charge in [0.2, 0.25) is 0 Å². The average molecular weight is 183 g/mol. The van der Waals surface area contributed by atoms with Crippen LogP contribution in [0.5, 0.6) is 0 Å². The summed E-state index contributed by atoms with van der Waals surface area (Å²) in [6, 6.07) is 1.27. The number of rotatable bonds is 1. The number of anilines is 1. The Morgan fingerprint density at radius 2 is 2.00 bits per heavy atom. The summed E-state index contributed by atoms with van der Waals surface area (Å²) >= 11 is 0. The van der Waals surface area contributed by atoms with Crippen LogP contribution in [-0.2, 0) is 0 Å². The van der Waals surface area contributed by atoms with Gasteiger partial charge in [0.05, 0.1) is 5.56 Å². The van der Waals surface area contributed by atoms with Crippen molar-refractivity contribution in [2.45, 2.75) is 13.8 Å². The number of hydrogen-bond donors (Lipinski definition) is 2. The molecule has 0 saturated carbocycles. The quantitative estimate of drug-likeness (QED) is 0.651. The molecule has 1 aromatic rings. The second kappa shape index (κ2) is 3.05. The molecule has 3 N–H and O–H groups in total. The molecular formula is C9H10FNO2. The first-order chi connectivity index (χ1) is 5.95. The van der Waals surface area contributed by atoms with E-state index in [1.165, 1.54) is 19.9 Å². The number of nitrogens with two attached hydrogens (primary N) is 1. The van der Waals surface area contributed by atoms with Crippen LogP contribution in [0, 0.1) is 19.7 Å². The van der Waals surface area contributed by atoms with Gasteiger partial charge in [0.15, 0.2) is 0 Å². The van der Waals surface area contributed by atoms with Crippen LogP contribution in [0.1, 0.15) is 21.5 Å². The third-order valence-electron chi connectivity index (χ3n) is 2.03. The Morgan fingerprint density at radius 1 is 1.46 bits per heavy atom. The van der Waals surface area contributed by atoms with E-state index in [1.54, 1.807) is 0 Å². The van der Waals surface area contributed by atoms with E-state index in [4.69, 9.17) is 10.8 Å². The lowest BCUT2D eigenvalue weighted by molar-refractivity contribution is 0.0695. The highest BCUT2D eigenvalue weighted by Gasteiger charge is 2.14. The van der Waals surface area contributed by atoms with Crippen molar-refractivity contribution in [3.05, 3.63) is 28.6 Å². The van der Waals surface area contributed by atoms with Crippen LogP contribution in [0.15, 0.2) is 6.07 Å². The van der Waals surface area contributed by atoms with Gasteiger partial charge in [0, 0.05) is 11.3 Å². The first-order valence-corrected chi connectivity index (χ1v) is 3.73. The SMILES string of the molecule is Cc1c(N)cc(C(=O)O)c(C)c1F. The first-order valence-electron chi connectivity index (χ1n) is 3.73. The molecule has 0 aliphatic rings. The van der Waals surface area contributed by atoms with Crippen LogP contribution in [0.3, 0.4) is 0 Å². The molecule has 0 unspecified atom stereocenters. The van der Waals surface area contributed by atoms with Crippen LogP contribution in [-0.4, -0.2) is 11.1 Å². The minimum Gasteiger partial charge on any atom is -0.478 e. The Bertz CT molecular complexity index is 374. The maximum Gasteiger partial charge on any atom is 0.336 e. The molecule has 0 spiro atoms. The van der Waals surface area contributed by atoms with Gasteiger partial charge in [0.25, 0.3) is 0 Å². The fourth-order valence-corrected chi connectivity index (χ4v) is 1.12. The topological polar surface area (TPSA) is 63.3 Å². The average Bonchev–Trinajstić information content (AvgIpc) is 2.07. The molecule has 1 rings (SSSR count). The van der Waals surface area contributed by atoms with Gasteiger partial charge in [-0.1, -0.05) is 0 Å². The molecule has 3 nitrogen and oxygen atoms in total. The van der Waals surface area contributed by atoms with Gasteiger partial charge in [0.1, 0.15) is 5.82 Å². The molecule has 0 aliphatic heterocycles. The summed E-state index contributed by atoms with van der Waals surface area (Å²) in [5.74, 6) is -1.71.